The molecule has 0 aromatic heterocycles. The first-order valence-electron chi connectivity index (χ1n) is 5.30. The predicted molar refractivity (Wildman–Crippen MR) is 85.2 cm³/mol. The van der Waals surface area contributed by atoms with Gasteiger partial charge in [0.05, 0.1) is 4.90 Å². The molecular weight excluding hydrogens is 397 g/mol. The Balaban J connectivity index is 2.39. The molecule has 0 fully saturated rings. The van der Waals surface area contributed by atoms with Crippen molar-refractivity contribution in [2.24, 2.45) is 4.40 Å². The van der Waals surface area contributed by atoms with E-state index in [9.17, 15) is 8.42 Å². The lowest BCUT2D eigenvalue weighted by Gasteiger charge is -2.01. The molecule has 0 atom stereocenters. The quantitative estimate of drug-likeness (QED) is 0.578. The van der Waals surface area contributed by atoms with Crippen LogP contribution >= 0.6 is 34.2 Å². The summed E-state index contributed by atoms with van der Waals surface area (Å²) in [5.41, 5.74) is 0.568. The molecule has 2 aromatic rings. The van der Waals surface area contributed by atoms with Gasteiger partial charge in [0.15, 0.2) is 0 Å². The van der Waals surface area contributed by atoms with E-state index in [1.54, 1.807) is 36.4 Å². The highest BCUT2D eigenvalue weighted by atomic mass is 127. The van der Waals surface area contributed by atoms with Gasteiger partial charge in [0.2, 0.25) is 0 Å². The van der Waals surface area contributed by atoms with Crippen molar-refractivity contribution in [1.82, 2.24) is 0 Å². The van der Waals surface area contributed by atoms with Crippen LogP contribution in [0.4, 0.5) is 0 Å². The summed E-state index contributed by atoms with van der Waals surface area (Å²) in [6.45, 7) is 0. The maximum absolute atomic E-state index is 12.1. The van der Waals surface area contributed by atoms with Gasteiger partial charge in [-0.1, -0.05) is 41.9 Å². The van der Waals surface area contributed by atoms with E-state index in [0.717, 1.165) is 3.57 Å². The zero-order valence-electron chi connectivity index (χ0n) is 9.62. The molecule has 0 N–H and O–H groups in total. The van der Waals surface area contributed by atoms with Gasteiger partial charge in [-0.25, -0.2) is 0 Å². The normalized spacial score (nSPS) is 12.4. The Morgan fingerprint density at radius 2 is 1.58 bits per heavy atom. The highest BCUT2D eigenvalue weighted by molar-refractivity contribution is 14.1. The molecule has 0 amide bonds. The number of benzene rings is 2. The van der Waals surface area contributed by atoms with Crippen molar-refractivity contribution in [3.8, 4) is 0 Å². The molecule has 0 aliphatic rings. The molecule has 0 unspecified atom stereocenters. The van der Waals surface area contributed by atoms with E-state index in [-0.39, 0.29) is 10.1 Å². The smallest absolute Gasteiger partial charge is 0.199 e. The van der Waals surface area contributed by atoms with E-state index < -0.39 is 10.0 Å². The Morgan fingerprint density at radius 1 is 1.00 bits per heavy atom. The lowest BCUT2D eigenvalue weighted by molar-refractivity contribution is 0.598. The van der Waals surface area contributed by atoms with Crippen LogP contribution in [0.25, 0.3) is 0 Å². The van der Waals surface area contributed by atoms with E-state index in [1.807, 2.05) is 6.07 Å². The third-order valence-corrected chi connectivity index (χ3v) is 4.74. The number of nitrogens with zero attached hydrogens (tertiary/aromatic N) is 1. The fraction of sp³-hybridized carbons (Fsp3) is 0. The van der Waals surface area contributed by atoms with Gasteiger partial charge in [0.1, 0.15) is 5.17 Å². The summed E-state index contributed by atoms with van der Waals surface area (Å²) in [6.07, 6.45) is 0. The molecule has 19 heavy (non-hydrogen) atoms. The second kappa shape index (κ2) is 6.02. The molecule has 98 valence electrons. The summed E-state index contributed by atoms with van der Waals surface area (Å²) in [4.78, 5) is 0.127. The van der Waals surface area contributed by atoms with Gasteiger partial charge >= 0.3 is 0 Å². The second-order valence-corrected chi connectivity index (χ2v) is 6.88. The fourth-order valence-electron chi connectivity index (χ4n) is 1.39. The summed E-state index contributed by atoms with van der Waals surface area (Å²) in [7, 11) is -3.77. The number of hydrogen-bond donors (Lipinski definition) is 0. The summed E-state index contributed by atoms with van der Waals surface area (Å²) < 4.78 is 28.7. The number of sulfonamides is 1. The van der Waals surface area contributed by atoms with Crippen LogP contribution in [0.15, 0.2) is 63.9 Å². The highest BCUT2D eigenvalue weighted by Gasteiger charge is 2.14. The van der Waals surface area contributed by atoms with Crippen molar-refractivity contribution in [2.75, 3.05) is 0 Å². The zero-order valence-corrected chi connectivity index (χ0v) is 13.4. The minimum absolute atomic E-state index is 0.0425. The first kappa shape index (κ1) is 14.5. The highest BCUT2D eigenvalue weighted by Crippen LogP contribution is 2.17. The van der Waals surface area contributed by atoms with E-state index >= 15 is 0 Å². The molecule has 0 radical (unpaired) electrons. The maximum atomic E-state index is 12.1. The zero-order chi connectivity index (χ0) is 13.9. The average Bonchev–Trinajstić information content (AvgIpc) is 2.40. The monoisotopic (exact) mass is 405 g/mol. The Labute approximate surface area is 130 Å². The maximum Gasteiger partial charge on any atom is 0.283 e. The molecule has 0 aliphatic carbocycles. The van der Waals surface area contributed by atoms with Crippen LogP contribution in [0, 0.1) is 3.57 Å². The van der Waals surface area contributed by atoms with Crippen molar-refractivity contribution in [1.29, 1.82) is 0 Å². The molecule has 2 rings (SSSR count). The van der Waals surface area contributed by atoms with Gasteiger partial charge in [-0.15, -0.1) is 4.40 Å². The third kappa shape index (κ3) is 3.77. The number of rotatable bonds is 3. The van der Waals surface area contributed by atoms with Gasteiger partial charge in [-0.05, 0) is 46.9 Å². The van der Waals surface area contributed by atoms with E-state index in [2.05, 4.69) is 27.0 Å². The van der Waals surface area contributed by atoms with Gasteiger partial charge in [0.25, 0.3) is 10.0 Å². The Kier molecular flexibility index (Phi) is 4.59. The van der Waals surface area contributed by atoms with Crippen LogP contribution in [0.3, 0.4) is 0 Å². The third-order valence-electron chi connectivity index (χ3n) is 2.32. The first-order chi connectivity index (χ1) is 8.99. The molecule has 0 saturated carbocycles. The first-order valence-corrected chi connectivity index (χ1v) is 8.20. The van der Waals surface area contributed by atoms with Crippen LogP contribution < -0.4 is 0 Å². The van der Waals surface area contributed by atoms with Crippen molar-refractivity contribution >= 4 is 49.4 Å². The molecule has 3 nitrogen and oxygen atoms in total. The molecule has 0 spiro atoms. The molecule has 0 heterocycles. The van der Waals surface area contributed by atoms with Crippen molar-refractivity contribution in [3.63, 3.8) is 0 Å². The number of hydrogen-bond acceptors (Lipinski definition) is 2. The summed E-state index contributed by atoms with van der Waals surface area (Å²) in [6, 6.07) is 15.2. The van der Waals surface area contributed by atoms with E-state index in [0.29, 0.717) is 5.56 Å². The van der Waals surface area contributed by atoms with Crippen LogP contribution in [0.1, 0.15) is 5.56 Å². The number of halogens is 2. The summed E-state index contributed by atoms with van der Waals surface area (Å²) >= 11 is 8.04. The van der Waals surface area contributed by atoms with E-state index in [1.165, 1.54) is 12.1 Å². The van der Waals surface area contributed by atoms with Crippen molar-refractivity contribution in [2.45, 2.75) is 4.90 Å². The molecule has 0 bridgehead atoms. The van der Waals surface area contributed by atoms with Crippen LogP contribution in [0.5, 0.6) is 0 Å². The standard InChI is InChI=1S/C13H9ClINO2S/c14-13(10-4-2-1-3-5-10)16-19(17,18)12-8-6-11(15)7-9-12/h1-9H. The van der Waals surface area contributed by atoms with Gasteiger partial charge < -0.3 is 0 Å². The molecule has 6 heteroatoms. The largest absolute Gasteiger partial charge is 0.283 e. The lowest BCUT2D eigenvalue weighted by atomic mass is 10.2. The minimum atomic E-state index is -3.77. The fourth-order valence-corrected chi connectivity index (χ4v) is 3.05. The topological polar surface area (TPSA) is 46.5 Å². The van der Waals surface area contributed by atoms with Crippen molar-refractivity contribution in [3.05, 3.63) is 63.7 Å². The van der Waals surface area contributed by atoms with E-state index in [4.69, 9.17) is 11.6 Å². The average molecular weight is 406 g/mol. The molecule has 0 aliphatic heterocycles. The van der Waals surface area contributed by atoms with Gasteiger partial charge in [-0.3, -0.25) is 0 Å². The summed E-state index contributed by atoms with van der Waals surface area (Å²) in [5.74, 6) is 0. The molecule has 2 aromatic carbocycles. The molecular formula is C13H9ClINO2S. The minimum Gasteiger partial charge on any atom is -0.199 e. The van der Waals surface area contributed by atoms with Crippen LogP contribution in [-0.2, 0) is 10.0 Å². The SMILES string of the molecule is O=S(=O)(N=C(Cl)c1ccccc1)c1ccc(I)cc1. The van der Waals surface area contributed by atoms with Gasteiger partial charge in [-0.2, -0.15) is 8.42 Å². The van der Waals surface area contributed by atoms with Crippen LogP contribution in [-0.4, -0.2) is 13.6 Å². The van der Waals surface area contributed by atoms with Crippen molar-refractivity contribution < 1.29 is 8.42 Å². The van der Waals surface area contributed by atoms with Crippen LogP contribution in [0.2, 0.25) is 0 Å². The lowest BCUT2D eigenvalue weighted by Crippen LogP contribution is -2.01. The Hall–Kier alpha value is -0.920. The Morgan fingerprint density at radius 3 is 2.16 bits per heavy atom. The predicted octanol–water partition coefficient (Wildman–Crippen LogP) is 3.67. The second-order valence-electron chi connectivity index (χ2n) is 3.68. The molecule has 0 saturated heterocycles. The van der Waals surface area contributed by atoms with Gasteiger partial charge in [0, 0.05) is 9.13 Å². The Bertz CT molecular complexity index is 697. The summed E-state index contributed by atoms with van der Waals surface area (Å²) in [5, 5.41) is -0.0425.